The average molecular weight is 324 g/mol. The van der Waals surface area contributed by atoms with Crippen molar-refractivity contribution < 1.29 is 9.84 Å². The van der Waals surface area contributed by atoms with Crippen molar-refractivity contribution in [3.05, 3.63) is 48.9 Å². The Morgan fingerprint density at radius 2 is 2.12 bits per heavy atom. The summed E-state index contributed by atoms with van der Waals surface area (Å²) in [4.78, 5) is 6.56. The van der Waals surface area contributed by atoms with Crippen LogP contribution in [0.15, 0.2) is 48.9 Å². The van der Waals surface area contributed by atoms with E-state index in [1.807, 2.05) is 48.3 Å². The summed E-state index contributed by atoms with van der Waals surface area (Å²) in [6.45, 7) is 4.00. The van der Waals surface area contributed by atoms with Gasteiger partial charge in [-0.25, -0.2) is 0 Å². The number of nitrogens with zero attached hydrogens (tertiary/aromatic N) is 4. The van der Waals surface area contributed by atoms with E-state index in [0.717, 1.165) is 23.1 Å². The standard InChI is InChI=1S/C18H20N4O2/c1-2-22-10-13(9-20-22)24-18-12-21(11-17(18)23)16-7-8-19-15-6-4-3-5-14(15)16/h3-10,17-18,23H,2,11-12H2,1H3/t17-,18-/m1/s1. The van der Waals surface area contributed by atoms with Gasteiger partial charge < -0.3 is 14.7 Å². The van der Waals surface area contributed by atoms with E-state index in [9.17, 15) is 5.11 Å². The van der Waals surface area contributed by atoms with Gasteiger partial charge in [-0.1, -0.05) is 18.2 Å². The van der Waals surface area contributed by atoms with Gasteiger partial charge in [0, 0.05) is 30.4 Å². The molecule has 0 unspecified atom stereocenters. The van der Waals surface area contributed by atoms with Gasteiger partial charge in [-0.2, -0.15) is 5.10 Å². The summed E-state index contributed by atoms with van der Waals surface area (Å²) in [6, 6.07) is 10.0. The van der Waals surface area contributed by atoms with Gasteiger partial charge in [-0.05, 0) is 19.1 Å². The van der Waals surface area contributed by atoms with Gasteiger partial charge >= 0.3 is 0 Å². The molecule has 1 aliphatic heterocycles. The molecule has 124 valence electrons. The van der Waals surface area contributed by atoms with Crippen LogP contribution in [-0.2, 0) is 6.54 Å². The minimum atomic E-state index is -0.540. The molecule has 0 aliphatic carbocycles. The molecule has 0 amide bonds. The highest BCUT2D eigenvalue weighted by Crippen LogP contribution is 2.29. The molecule has 2 aromatic heterocycles. The van der Waals surface area contributed by atoms with Crippen molar-refractivity contribution in [1.82, 2.24) is 14.8 Å². The Bertz CT molecular complexity index is 842. The molecular formula is C18H20N4O2. The Morgan fingerprint density at radius 1 is 1.25 bits per heavy atom. The van der Waals surface area contributed by atoms with Gasteiger partial charge in [0.25, 0.3) is 0 Å². The van der Waals surface area contributed by atoms with E-state index in [-0.39, 0.29) is 6.10 Å². The molecule has 6 heteroatoms. The third-order valence-corrected chi connectivity index (χ3v) is 4.42. The van der Waals surface area contributed by atoms with Crippen molar-refractivity contribution in [2.75, 3.05) is 18.0 Å². The van der Waals surface area contributed by atoms with Crippen LogP contribution in [0.5, 0.6) is 5.75 Å². The van der Waals surface area contributed by atoms with Gasteiger partial charge in [-0.3, -0.25) is 9.67 Å². The highest BCUT2D eigenvalue weighted by molar-refractivity contribution is 5.91. The molecule has 6 nitrogen and oxygen atoms in total. The molecule has 1 N–H and O–H groups in total. The monoisotopic (exact) mass is 324 g/mol. The van der Waals surface area contributed by atoms with E-state index >= 15 is 0 Å². The number of ether oxygens (including phenoxy) is 1. The van der Waals surface area contributed by atoms with Crippen molar-refractivity contribution in [2.24, 2.45) is 0 Å². The number of hydrogen-bond acceptors (Lipinski definition) is 5. The number of aliphatic hydroxyl groups excluding tert-OH is 1. The van der Waals surface area contributed by atoms with Crippen LogP contribution >= 0.6 is 0 Å². The highest BCUT2D eigenvalue weighted by Gasteiger charge is 2.34. The Labute approximate surface area is 140 Å². The second kappa shape index (κ2) is 6.13. The van der Waals surface area contributed by atoms with Crippen LogP contribution in [-0.4, -0.2) is 45.2 Å². The molecule has 2 atom stereocenters. The van der Waals surface area contributed by atoms with Gasteiger partial charge in [0.2, 0.25) is 0 Å². The molecule has 24 heavy (non-hydrogen) atoms. The first-order valence-electron chi connectivity index (χ1n) is 8.20. The second-order valence-electron chi connectivity index (χ2n) is 6.01. The lowest BCUT2D eigenvalue weighted by atomic mass is 10.2. The molecule has 3 aromatic rings. The number of aromatic nitrogens is 3. The average Bonchev–Trinajstić information content (AvgIpc) is 3.21. The summed E-state index contributed by atoms with van der Waals surface area (Å²) < 4.78 is 7.75. The van der Waals surface area contributed by atoms with E-state index in [1.54, 1.807) is 6.20 Å². The number of anilines is 1. The molecule has 0 spiro atoms. The first-order valence-corrected chi connectivity index (χ1v) is 8.20. The third kappa shape index (κ3) is 2.69. The van der Waals surface area contributed by atoms with Crippen molar-refractivity contribution in [1.29, 1.82) is 0 Å². The molecule has 1 aromatic carbocycles. The lowest BCUT2D eigenvalue weighted by molar-refractivity contribution is 0.0737. The summed E-state index contributed by atoms with van der Waals surface area (Å²) in [6.07, 6.45) is 4.55. The van der Waals surface area contributed by atoms with Crippen molar-refractivity contribution >= 4 is 16.6 Å². The Balaban J connectivity index is 1.55. The van der Waals surface area contributed by atoms with E-state index in [2.05, 4.69) is 21.0 Å². The molecule has 0 radical (unpaired) electrons. The van der Waals surface area contributed by atoms with Crippen LogP contribution < -0.4 is 9.64 Å². The zero-order chi connectivity index (χ0) is 16.5. The van der Waals surface area contributed by atoms with Gasteiger partial charge in [0.15, 0.2) is 5.75 Å². The summed E-state index contributed by atoms with van der Waals surface area (Å²) in [5, 5.41) is 15.7. The summed E-state index contributed by atoms with van der Waals surface area (Å²) >= 11 is 0. The molecular weight excluding hydrogens is 304 g/mol. The van der Waals surface area contributed by atoms with Crippen LogP contribution in [0.4, 0.5) is 5.69 Å². The Hall–Kier alpha value is -2.60. The number of benzene rings is 1. The SMILES string of the molecule is CCn1cc(O[C@@H]2CN(c3ccnc4ccccc34)C[C@H]2O)cn1. The topological polar surface area (TPSA) is 63.4 Å². The maximum atomic E-state index is 10.4. The molecule has 0 bridgehead atoms. The summed E-state index contributed by atoms with van der Waals surface area (Å²) in [5.74, 6) is 0.697. The largest absolute Gasteiger partial charge is 0.482 e. The molecule has 1 fully saturated rings. The van der Waals surface area contributed by atoms with Crippen LogP contribution in [0.3, 0.4) is 0 Å². The van der Waals surface area contributed by atoms with Gasteiger partial charge in [-0.15, -0.1) is 0 Å². The minimum absolute atomic E-state index is 0.272. The molecule has 3 heterocycles. The molecule has 1 saturated heterocycles. The number of rotatable bonds is 4. The fraction of sp³-hybridized carbons (Fsp3) is 0.333. The van der Waals surface area contributed by atoms with E-state index in [1.165, 1.54) is 0 Å². The molecule has 0 saturated carbocycles. The number of aryl methyl sites for hydroxylation is 1. The van der Waals surface area contributed by atoms with Crippen LogP contribution in [0, 0.1) is 0 Å². The number of aliphatic hydroxyl groups is 1. The third-order valence-electron chi connectivity index (χ3n) is 4.42. The number of fused-ring (bicyclic) bond motifs is 1. The number of hydrogen-bond donors (Lipinski definition) is 1. The van der Waals surface area contributed by atoms with Crippen molar-refractivity contribution in [3.63, 3.8) is 0 Å². The molecule has 1 aliphatic rings. The summed E-state index contributed by atoms with van der Waals surface area (Å²) in [5.41, 5.74) is 2.04. The van der Waals surface area contributed by atoms with Gasteiger partial charge in [0.05, 0.1) is 24.5 Å². The molecule has 4 rings (SSSR count). The quantitative estimate of drug-likeness (QED) is 0.796. The fourth-order valence-corrected chi connectivity index (χ4v) is 3.18. The van der Waals surface area contributed by atoms with E-state index in [4.69, 9.17) is 4.74 Å². The normalized spacial score (nSPS) is 20.7. The second-order valence-corrected chi connectivity index (χ2v) is 6.01. The number of para-hydroxylation sites is 1. The zero-order valence-corrected chi connectivity index (χ0v) is 13.5. The highest BCUT2D eigenvalue weighted by atomic mass is 16.5. The van der Waals surface area contributed by atoms with Gasteiger partial charge in [0.1, 0.15) is 12.2 Å². The zero-order valence-electron chi connectivity index (χ0n) is 13.5. The fourth-order valence-electron chi connectivity index (χ4n) is 3.18. The summed E-state index contributed by atoms with van der Waals surface area (Å²) in [7, 11) is 0. The maximum absolute atomic E-state index is 10.4. The first kappa shape index (κ1) is 15.0. The van der Waals surface area contributed by atoms with E-state index < -0.39 is 6.10 Å². The Kier molecular flexibility index (Phi) is 3.82. The predicted octanol–water partition coefficient (Wildman–Crippen LogP) is 2.08. The lowest BCUT2D eigenvalue weighted by Crippen LogP contribution is -2.29. The maximum Gasteiger partial charge on any atom is 0.157 e. The first-order chi connectivity index (χ1) is 11.7. The van der Waals surface area contributed by atoms with Crippen molar-refractivity contribution in [3.8, 4) is 5.75 Å². The van der Waals surface area contributed by atoms with Crippen molar-refractivity contribution in [2.45, 2.75) is 25.7 Å². The number of β-amino-alcohol motifs (C(OH)–C–C–N with tert-alkyl or cyclic N) is 1. The minimum Gasteiger partial charge on any atom is -0.482 e. The van der Waals surface area contributed by atoms with Crippen LogP contribution in [0.1, 0.15) is 6.92 Å². The van der Waals surface area contributed by atoms with Crippen LogP contribution in [0.25, 0.3) is 10.9 Å². The smallest absolute Gasteiger partial charge is 0.157 e. The van der Waals surface area contributed by atoms with Crippen LogP contribution in [0.2, 0.25) is 0 Å². The predicted molar refractivity (Wildman–Crippen MR) is 92.3 cm³/mol. The lowest BCUT2D eigenvalue weighted by Gasteiger charge is -2.20. The number of pyridine rings is 1. The van der Waals surface area contributed by atoms with E-state index in [0.29, 0.717) is 18.8 Å². The Morgan fingerprint density at radius 3 is 2.96 bits per heavy atom.